The summed E-state index contributed by atoms with van der Waals surface area (Å²) in [5, 5.41) is 2.88. The molecule has 0 aliphatic heterocycles. The molecule has 0 aliphatic rings. The number of ether oxygens (including phenoxy) is 1. The highest BCUT2D eigenvalue weighted by molar-refractivity contribution is 6.05. The average Bonchev–Trinajstić information content (AvgIpc) is 3.21. The first-order valence-electron chi connectivity index (χ1n) is 10.4. The number of carbonyl (C=O) groups excluding carboxylic acids is 2. The van der Waals surface area contributed by atoms with Crippen LogP contribution in [0.15, 0.2) is 79.1 Å². The number of nitrogens with one attached hydrogen (secondary N) is 1. The van der Waals surface area contributed by atoms with E-state index in [-0.39, 0.29) is 24.3 Å². The number of nitrogen functional groups attached to an aromatic ring is 1. The van der Waals surface area contributed by atoms with Crippen LogP contribution in [0.2, 0.25) is 0 Å². The molecular formula is C25H24N4O3. The summed E-state index contributed by atoms with van der Waals surface area (Å²) in [7, 11) is 0. The number of benzene rings is 3. The van der Waals surface area contributed by atoms with Crippen LogP contribution in [0.1, 0.15) is 35.3 Å². The van der Waals surface area contributed by atoms with Crippen LogP contribution in [0.4, 0.5) is 11.4 Å². The van der Waals surface area contributed by atoms with E-state index in [1.807, 2.05) is 53.1 Å². The van der Waals surface area contributed by atoms with Gasteiger partial charge in [0.05, 0.1) is 36.4 Å². The molecule has 3 aromatic carbocycles. The number of amides is 1. The van der Waals surface area contributed by atoms with Crippen LogP contribution in [0.25, 0.3) is 11.0 Å². The number of nitrogens with two attached hydrogens (primary N) is 1. The van der Waals surface area contributed by atoms with E-state index >= 15 is 0 Å². The van der Waals surface area contributed by atoms with Gasteiger partial charge in [0.1, 0.15) is 0 Å². The van der Waals surface area contributed by atoms with Gasteiger partial charge in [-0.25, -0.2) is 4.98 Å². The van der Waals surface area contributed by atoms with Crippen molar-refractivity contribution in [2.45, 2.75) is 19.4 Å². The molecule has 3 N–H and O–H groups in total. The molecule has 4 rings (SSSR count). The standard InChI is InChI=1S/C25H24N4O3/c1-2-32-24(30)15-23(17-7-4-3-5-8-17)29-16-27-21-14-20(11-12-22(21)29)28-25(31)18-9-6-10-19(26)13-18/h3-14,16,23H,2,15,26H2,1H3,(H,28,31). The number of hydrogen-bond acceptors (Lipinski definition) is 5. The number of rotatable bonds is 7. The highest BCUT2D eigenvalue weighted by atomic mass is 16.5. The van der Waals surface area contributed by atoms with Crippen molar-refractivity contribution in [3.8, 4) is 0 Å². The molecule has 0 fully saturated rings. The SMILES string of the molecule is CCOC(=O)CC(c1ccccc1)n1cnc2cc(NC(=O)c3cccc(N)c3)ccc21. The minimum absolute atomic E-state index is 0.192. The van der Waals surface area contributed by atoms with Gasteiger partial charge in [-0.05, 0) is 48.9 Å². The molecule has 4 aromatic rings. The minimum Gasteiger partial charge on any atom is -0.466 e. The van der Waals surface area contributed by atoms with Crippen LogP contribution >= 0.6 is 0 Å². The molecule has 7 heteroatoms. The van der Waals surface area contributed by atoms with Gasteiger partial charge < -0.3 is 20.4 Å². The number of nitrogens with zero attached hydrogens (tertiary/aromatic N) is 2. The minimum atomic E-state index is -0.269. The molecule has 0 saturated carbocycles. The fourth-order valence-corrected chi connectivity index (χ4v) is 3.67. The molecule has 0 bridgehead atoms. The fourth-order valence-electron chi connectivity index (χ4n) is 3.67. The number of aromatic nitrogens is 2. The third-order valence-corrected chi connectivity index (χ3v) is 5.17. The molecule has 162 valence electrons. The Labute approximate surface area is 185 Å². The average molecular weight is 428 g/mol. The number of esters is 1. The summed E-state index contributed by atoms with van der Waals surface area (Å²) in [5.41, 5.74) is 9.95. The van der Waals surface area contributed by atoms with Gasteiger partial charge in [-0.15, -0.1) is 0 Å². The third kappa shape index (κ3) is 4.62. The lowest BCUT2D eigenvalue weighted by molar-refractivity contribution is -0.143. The van der Waals surface area contributed by atoms with Crippen molar-refractivity contribution in [3.63, 3.8) is 0 Å². The van der Waals surface area contributed by atoms with Crippen molar-refractivity contribution < 1.29 is 14.3 Å². The topological polar surface area (TPSA) is 99.2 Å². The zero-order valence-corrected chi connectivity index (χ0v) is 17.7. The zero-order valence-electron chi connectivity index (χ0n) is 17.7. The van der Waals surface area contributed by atoms with Crippen molar-refractivity contribution in [2.75, 3.05) is 17.7 Å². The predicted octanol–water partition coefficient (Wildman–Crippen LogP) is 4.41. The smallest absolute Gasteiger partial charge is 0.308 e. The molecule has 0 spiro atoms. The van der Waals surface area contributed by atoms with E-state index in [4.69, 9.17) is 10.5 Å². The quantitative estimate of drug-likeness (QED) is 0.335. The van der Waals surface area contributed by atoms with Gasteiger partial charge in [0.15, 0.2) is 0 Å². The summed E-state index contributed by atoms with van der Waals surface area (Å²) in [6, 6.07) is 21.8. The van der Waals surface area contributed by atoms with E-state index in [1.165, 1.54) is 0 Å². The lowest BCUT2D eigenvalue weighted by atomic mass is 10.0. The monoisotopic (exact) mass is 428 g/mol. The van der Waals surface area contributed by atoms with Gasteiger partial charge in [0.2, 0.25) is 0 Å². The molecule has 7 nitrogen and oxygen atoms in total. The highest BCUT2D eigenvalue weighted by Crippen LogP contribution is 2.28. The number of fused-ring (bicyclic) bond motifs is 1. The van der Waals surface area contributed by atoms with E-state index < -0.39 is 0 Å². The van der Waals surface area contributed by atoms with Crippen LogP contribution in [-0.4, -0.2) is 28.0 Å². The van der Waals surface area contributed by atoms with Crippen molar-refractivity contribution in [1.29, 1.82) is 0 Å². The van der Waals surface area contributed by atoms with Gasteiger partial charge in [-0.2, -0.15) is 0 Å². The van der Waals surface area contributed by atoms with E-state index in [0.29, 0.717) is 29.1 Å². The summed E-state index contributed by atoms with van der Waals surface area (Å²) >= 11 is 0. The van der Waals surface area contributed by atoms with E-state index in [9.17, 15) is 9.59 Å². The summed E-state index contributed by atoms with van der Waals surface area (Å²) in [4.78, 5) is 29.3. The maximum absolute atomic E-state index is 12.5. The van der Waals surface area contributed by atoms with Gasteiger partial charge in [-0.1, -0.05) is 36.4 Å². The summed E-state index contributed by atoms with van der Waals surface area (Å²) in [5.74, 6) is -0.519. The molecule has 1 atom stereocenters. The number of anilines is 2. The Bertz CT molecular complexity index is 1250. The van der Waals surface area contributed by atoms with Gasteiger partial charge in [0.25, 0.3) is 5.91 Å². The first-order chi connectivity index (χ1) is 15.5. The van der Waals surface area contributed by atoms with Crippen LogP contribution in [-0.2, 0) is 9.53 Å². The Kier molecular flexibility index (Phi) is 6.17. The van der Waals surface area contributed by atoms with E-state index in [0.717, 1.165) is 11.1 Å². The largest absolute Gasteiger partial charge is 0.466 e. The first-order valence-corrected chi connectivity index (χ1v) is 10.4. The first kappa shape index (κ1) is 21.1. The zero-order chi connectivity index (χ0) is 22.5. The van der Waals surface area contributed by atoms with Crippen molar-refractivity contribution in [2.24, 2.45) is 0 Å². The normalized spacial score (nSPS) is 11.8. The van der Waals surface area contributed by atoms with Crippen LogP contribution < -0.4 is 11.1 Å². The Morgan fingerprint density at radius 2 is 1.88 bits per heavy atom. The Morgan fingerprint density at radius 1 is 1.06 bits per heavy atom. The van der Waals surface area contributed by atoms with E-state index in [2.05, 4.69) is 10.3 Å². The molecular weight excluding hydrogens is 404 g/mol. The van der Waals surface area contributed by atoms with Crippen molar-refractivity contribution >= 4 is 34.3 Å². The maximum atomic E-state index is 12.5. The van der Waals surface area contributed by atoms with Gasteiger partial charge in [-0.3, -0.25) is 9.59 Å². The van der Waals surface area contributed by atoms with Crippen LogP contribution in [0.3, 0.4) is 0 Å². The molecule has 1 aromatic heterocycles. The van der Waals surface area contributed by atoms with Crippen molar-refractivity contribution in [1.82, 2.24) is 9.55 Å². The van der Waals surface area contributed by atoms with Crippen LogP contribution in [0, 0.1) is 0 Å². The summed E-state index contributed by atoms with van der Waals surface area (Å²) in [6.07, 6.45) is 1.91. The molecule has 0 saturated heterocycles. The van der Waals surface area contributed by atoms with E-state index in [1.54, 1.807) is 37.5 Å². The number of hydrogen-bond donors (Lipinski definition) is 2. The lowest BCUT2D eigenvalue weighted by Gasteiger charge is -2.19. The predicted molar refractivity (Wildman–Crippen MR) is 124 cm³/mol. The third-order valence-electron chi connectivity index (χ3n) is 5.17. The lowest BCUT2D eigenvalue weighted by Crippen LogP contribution is -2.16. The van der Waals surface area contributed by atoms with Crippen molar-refractivity contribution in [3.05, 3.63) is 90.3 Å². The summed E-state index contributed by atoms with van der Waals surface area (Å²) < 4.78 is 7.15. The van der Waals surface area contributed by atoms with Gasteiger partial charge >= 0.3 is 5.97 Å². The summed E-state index contributed by atoms with van der Waals surface area (Å²) in [6.45, 7) is 2.13. The molecule has 1 unspecified atom stereocenters. The number of carbonyl (C=O) groups is 2. The molecule has 32 heavy (non-hydrogen) atoms. The number of imidazole rings is 1. The van der Waals surface area contributed by atoms with Crippen LogP contribution in [0.5, 0.6) is 0 Å². The highest BCUT2D eigenvalue weighted by Gasteiger charge is 2.21. The molecule has 0 aliphatic carbocycles. The second-order valence-corrected chi connectivity index (χ2v) is 7.37. The second-order valence-electron chi connectivity index (χ2n) is 7.37. The molecule has 1 amide bonds. The molecule has 0 radical (unpaired) electrons. The second kappa shape index (κ2) is 9.34. The maximum Gasteiger partial charge on any atom is 0.308 e. The molecule has 1 heterocycles. The fraction of sp³-hybridized carbons (Fsp3) is 0.160. The van der Waals surface area contributed by atoms with Gasteiger partial charge in [0, 0.05) is 16.9 Å². The Balaban J connectivity index is 1.63. The Morgan fingerprint density at radius 3 is 2.62 bits per heavy atom. The Hall–Kier alpha value is -4.13.